The van der Waals surface area contributed by atoms with Gasteiger partial charge in [0.05, 0.1) is 23.2 Å². The molecule has 0 aliphatic carbocycles. The number of sulfonamides is 1. The highest BCUT2D eigenvalue weighted by Gasteiger charge is 2.11. The number of carbonyl (C=O) groups is 1. The molecule has 0 radical (unpaired) electrons. The second kappa shape index (κ2) is 4.92. The highest BCUT2D eigenvalue weighted by molar-refractivity contribution is 7.92. The Kier molecular flexibility index (Phi) is 3.76. The van der Waals surface area contributed by atoms with E-state index in [1.807, 2.05) is 0 Å². The number of hydrogen-bond donors (Lipinski definition) is 4. The topological polar surface area (TPSA) is 148 Å². The number of carboxylic acids is 1. The minimum absolute atomic E-state index is 0.0281. The van der Waals surface area contributed by atoms with Crippen LogP contribution in [0.25, 0.3) is 0 Å². The number of carboxylic acid groups (broad SMARTS) is 1. The van der Waals surface area contributed by atoms with E-state index in [0.717, 1.165) is 12.3 Å². The minimum atomic E-state index is -3.52. The number of nitrogens with one attached hydrogen (secondary N) is 1. The van der Waals surface area contributed by atoms with E-state index in [-0.39, 0.29) is 22.9 Å². The third-order valence-corrected chi connectivity index (χ3v) is 2.38. The monoisotopic (exact) mass is 272 g/mol. The standard InChI is InChI=1S/C9H12N4O4S/c1-18(16,17)13-6-3-2-5(8(14)15)4-7(6)12-9(10)11/h2-4,13H,1H3,(H,14,15)(H4,10,11,12). The van der Waals surface area contributed by atoms with Crippen LogP contribution in [-0.4, -0.2) is 31.7 Å². The smallest absolute Gasteiger partial charge is 0.335 e. The highest BCUT2D eigenvalue weighted by Crippen LogP contribution is 2.27. The first-order valence-corrected chi connectivity index (χ1v) is 6.53. The minimum Gasteiger partial charge on any atom is -0.478 e. The van der Waals surface area contributed by atoms with Crippen molar-refractivity contribution in [1.29, 1.82) is 0 Å². The van der Waals surface area contributed by atoms with E-state index in [9.17, 15) is 13.2 Å². The number of aliphatic imine (C=N–C) groups is 1. The summed E-state index contributed by atoms with van der Waals surface area (Å²) in [5.74, 6) is -1.48. The number of guanidine groups is 1. The van der Waals surface area contributed by atoms with Gasteiger partial charge < -0.3 is 16.6 Å². The molecule has 0 aliphatic heterocycles. The SMILES string of the molecule is CS(=O)(=O)Nc1ccc(C(=O)O)cc1N=C(N)N. The molecule has 0 heterocycles. The maximum atomic E-state index is 11.1. The number of nitrogens with two attached hydrogens (primary N) is 2. The van der Waals surface area contributed by atoms with E-state index >= 15 is 0 Å². The molecule has 0 atom stereocenters. The average molecular weight is 272 g/mol. The molecule has 0 unspecified atom stereocenters. The summed E-state index contributed by atoms with van der Waals surface area (Å²) >= 11 is 0. The molecule has 0 saturated heterocycles. The van der Waals surface area contributed by atoms with Crippen LogP contribution in [0.2, 0.25) is 0 Å². The van der Waals surface area contributed by atoms with E-state index in [2.05, 4.69) is 9.71 Å². The average Bonchev–Trinajstić information content (AvgIpc) is 2.17. The molecular formula is C9H12N4O4S. The van der Waals surface area contributed by atoms with Gasteiger partial charge in [0, 0.05) is 0 Å². The second-order valence-corrected chi connectivity index (χ2v) is 5.20. The van der Waals surface area contributed by atoms with Crippen LogP contribution in [0.1, 0.15) is 10.4 Å². The lowest BCUT2D eigenvalue weighted by atomic mass is 10.2. The zero-order valence-electron chi connectivity index (χ0n) is 9.41. The molecule has 18 heavy (non-hydrogen) atoms. The molecule has 6 N–H and O–H groups in total. The number of aromatic carboxylic acids is 1. The van der Waals surface area contributed by atoms with Crippen molar-refractivity contribution in [3.63, 3.8) is 0 Å². The van der Waals surface area contributed by atoms with Gasteiger partial charge in [0.15, 0.2) is 5.96 Å². The lowest BCUT2D eigenvalue weighted by molar-refractivity contribution is 0.0697. The Bertz CT molecular complexity index is 605. The molecule has 0 aromatic heterocycles. The summed E-state index contributed by atoms with van der Waals surface area (Å²) in [4.78, 5) is 14.5. The molecule has 0 amide bonds. The van der Waals surface area contributed by atoms with E-state index in [1.165, 1.54) is 12.1 Å². The van der Waals surface area contributed by atoms with Crippen LogP contribution in [-0.2, 0) is 10.0 Å². The van der Waals surface area contributed by atoms with Gasteiger partial charge in [-0.2, -0.15) is 0 Å². The third-order valence-electron chi connectivity index (χ3n) is 1.79. The Labute approximate surface area is 103 Å². The van der Waals surface area contributed by atoms with Crippen molar-refractivity contribution in [2.24, 2.45) is 16.5 Å². The van der Waals surface area contributed by atoms with Crippen LogP contribution in [0.5, 0.6) is 0 Å². The van der Waals surface area contributed by atoms with Crippen molar-refractivity contribution >= 4 is 33.3 Å². The van der Waals surface area contributed by atoms with Crippen molar-refractivity contribution in [2.75, 3.05) is 11.0 Å². The largest absolute Gasteiger partial charge is 0.478 e. The third kappa shape index (κ3) is 3.94. The van der Waals surface area contributed by atoms with E-state index in [0.29, 0.717) is 0 Å². The molecule has 1 rings (SSSR count). The fourth-order valence-corrected chi connectivity index (χ4v) is 1.75. The van der Waals surface area contributed by atoms with Crippen LogP contribution in [0.4, 0.5) is 11.4 Å². The Balaban J connectivity index is 3.34. The van der Waals surface area contributed by atoms with Crippen molar-refractivity contribution in [2.45, 2.75) is 0 Å². The molecule has 1 aromatic rings. The van der Waals surface area contributed by atoms with Crippen LogP contribution < -0.4 is 16.2 Å². The number of hydrogen-bond acceptors (Lipinski definition) is 4. The molecule has 0 saturated carbocycles. The first kappa shape index (κ1) is 13.8. The molecule has 9 heteroatoms. The summed E-state index contributed by atoms with van der Waals surface area (Å²) in [6, 6.07) is 3.67. The molecule has 98 valence electrons. The van der Waals surface area contributed by atoms with Crippen LogP contribution >= 0.6 is 0 Å². The van der Waals surface area contributed by atoms with E-state index in [4.69, 9.17) is 16.6 Å². The summed E-state index contributed by atoms with van der Waals surface area (Å²) in [5.41, 5.74) is 10.4. The zero-order valence-corrected chi connectivity index (χ0v) is 10.2. The van der Waals surface area contributed by atoms with Crippen molar-refractivity contribution in [3.8, 4) is 0 Å². The van der Waals surface area contributed by atoms with Gasteiger partial charge in [-0.25, -0.2) is 18.2 Å². The van der Waals surface area contributed by atoms with Gasteiger partial charge >= 0.3 is 5.97 Å². The maximum Gasteiger partial charge on any atom is 0.335 e. The van der Waals surface area contributed by atoms with Crippen molar-refractivity contribution in [3.05, 3.63) is 23.8 Å². The van der Waals surface area contributed by atoms with Gasteiger partial charge in [-0.15, -0.1) is 0 Å². The molecular weight excluding hydrogens is 260 g/mol. The van der Waals surface area contributed by atoms with E-state index in [1.54, 1.807) is 0 Å². The van der Waals surface area contributed by atoms with Gasteiger partial charge in [-0.05, 0) is 18.2 Å². The van der Waals surface area contributed by atoms with E-state index < -0.39 is 16.0 Å². The number of nitrogens with zero attached hydrogens (tertiary/aromatic N) is 1. The summed E-state index contributed by atoms with van der Waals surface area (Å²) in [6.45, 7) is 0. The maximum absolute atomic E-state index is 11.1. The Morgan fingerprint density at radius 2 is 2.00 bits per heavy atom. The molecule has 1 aromatic carbocycles. The highest BCUT2D eigenvalue weighted by atomic mass is 32.2. The van der Waals surface area contributed by atoms with Gasteiger partial charge in [-0.3, -0.25) is 4.72 Å². The summed E-state index contributed by atoms with van der Waals surface area (Å²) in [6.07, 6.45) is 0.956. The second-order valence-electron chi connectivity index (χ2n) is 3.45. The Hall–Kier alpha value is -2.29. The fourth-order valence-electron chi connectivity index (χ4n) is 1.18. The summed E-state index contributed by atoms with van der Waals surface area (Å²) in [7, 11) is -3.52. The first-order valence-electron chi connectivity index (χ1n) is 4.64. The zero-order chi connectivity index (χ0) is 13.9. The Morgan fingerprint density at radius 3 is 2.44 bits per heavy atom. The van der Waals surface area contributed by atoms with Gasteiger partial charge in [0.25, 0.3) is 0 Å². The molecule has 0 bridgehead atoms. The number of benzene rings is 1. The lowest BCUT2D eigenvalue weighted by Crippen LogP contribution is -2.22. The lowest BCUT2D eigenvalue weighted by Gasteiger charge is -2.08. The molecule has 0 aliphatic rings. The van der Waals surface area contributed by atoms with Crippen LogP contribution in [0, 0.1) is 0 Å². The number of rotatable bonds is 4. The molecule has 8 nitrogen and oxygen atoms in total. The quantitative estimate of drug-likeness (QED) is 0.435. The molecule has 0 spiro atoms. The van der Waals surface area contributed by atoms with Crippen molar-refractivity contribution in [1.82, 2.24) is 0 Å². The molecule has 0 fully saturated rings. The number of anilines is 1. The summed E-state index contributed by atoms with van der Waals surface area (Å²) < 4.78 is 24.4. The Morgan fingerprint density at radius 1 is 1.39 bits per heavy atom. The van der Waals surface area contributed by atoms with Crippen molar-refractivity contribution < 1.29 is 18.3 Å². The first-order chi connectivity index (χ1) is 8.19. The van der Waals surface area contributed by atoms with Crippen LogP contribution in [0.15, 0.2) is 23.2 Å². The predicted octanol–water partition coefficient (Wildman–Crippen LogP) is -0.339. The summed E-state index contributed by atoms with van der Waals surface area (Å²) in [5, 5.41) is 8.82. The van der Waals surface area contributed by atoms with Crippen LogP contribution in [0.3, 0.4) is 0 Å². The normalized spacial score (nSPS) is 10.7. The van der Waals surface area contributed by atoms with Gasteiger partial charge in [0.2, 0.25) is 10.0 Å². The van der Waals surface area contributed by atoms with Gasteiger partial charge in [-0.1, -0.05) is 0 Å². The predicted molar refractivity (Wildman–Crippen MR) is 67.3 cm³/mol. The fraction of sp³-hybridized carbons (Fsp3) is 0.111. The van der Waals surface area contributed by atoms with Gasteiger partial charge in [0.1, 0.15) is 0 Å².